The maximum atomic E-state index is 13.2. The summed E-state index contributed by atoms with van der Waals surface area (Å²) in [5, 5.41) is 3.88. The van der Waals surface area contributed by atoms with Crippen LogP contribution in [0.4, 0.5) is 10.1 Å². The van der Waals surface area contributed by atoms with E-state index in [2.05, 4.69) is 11.4 Å². The maximum absolute atomic E-state index is 13.2. The van der Waals surface area contributed by atoms with Gasteiger partial charge in [0, 0.05) is 22.8 Å². The van der Waals surface area contributed by atoms with Gasteiger partial charge in [0.05, 0.1) is 0 Å². The molecule has 0 fully saturated rings. The lowest BCUT2D eigenvalue weighted by Crippen LogP contribution is -1.91. The summed E-state index contributed by atoms with van der Waals surface area (Å²) >= 11 is 6.09. The number of halogens is 2. The van der Waals surface area contributed by atoms with Crippen molar-refractivity contribution in [3.8, 4) is 11.1 Å². The van der Waals surface area contributed by atoms with Gasteiger partial charge in [0.2, 0.25) is 0 Å². The fourth-order valence-corrected chi connectivity index (χ4v) is 2.40. The fraction of sp³-hybridized carbons (Fsp3) is 0.143. The first-order valence-electron chi connectivity index (χ1n) is 5.56. The van der Waals surface area contributed by atoms with Crippen molar-refractivity contribution >= 4 is 17.3 Å². The van der Waals surface area contributed by atoms with E-state index < -0.39 is 0 Å². The molecule has 1 aliphatic heterocycles. The number of benzene rings is 2. The Morgan fingerprint density at radius 2 is 2.00 bits per heavy atom. The van der Waals surface area contributed by atoms with Crippen molar-refractivity contribution in [2.75, 3.05) is 11.9 Å². The highest BCUT2D eigenvalue weighted by Gasteiger charge is 2.12. The summed E-state index contributed by atoms with van der Waals surface area (Å²) in [6, 6.07) is 10.5. The lowest BCUT2D eigenvalue weighted by molar-refractivity contribution is 0.628. The Hall–Kier alpha value is -1.54. The van der Waals surface area contributed by atoms with Crippen LogP contribution in [-0.4, -0.2) is 6.54 Å². The number of nitrogens with one attached hydrogen (secondary N) is 1. The van der Waals surface area contributed by atoms with Crippen LogP contribution in [0.3, 0.4) is 0 Å². The van der Waals surface area contributed by atoms with Crippen LogP contribution in [0, 0.1) is 5.82 Å². The molecule has 0 unspecified atom stereocenters. The van der Waals surface area contributed by atoms with Gasteiger partial charge in [-0.1, -0.05) is 23.7 Å². The molecule has 0 saturated heterocycles. The van der Waals surface area contributed by atoms with Gasteiger partial charge in [0.15, 0.2) is 0 Å². The van der Waals surface area contributed by atoms with Gasteiger partial charge in [-0.25, -0.2) is 4.39 Å². The van der Waals surface area contributed by atoms with E-state index in [1.807, 2.05) is 12.1 Å². The Labute approximate surface area is 104 Å². The van der Waals surface area contributed by atoms with Crippen LogP contribution < -0.4 is 5.32 Å². The van der Waals surface area contributed by atoms with Crippen LogP contribution in [0.5, 0.6) is 0 Å². The largest absolute Gasteiger partial charge is 0.384 e. The third-order valence-corrected chi connectivity index (χ3v) is 3.39. The van der Waals surface area contributed by atoms with Crippen molar-refractivity contribution in [3.63, 3.8) is 0 Å². The number of hydrogen-bond acceptors (Lipinski definition) is 1. The molecule has 0 spiro atoms. The lowest BCUT2D eigenvalue weighted by atomic mass is 10.0. The molecule has 1 aliphatic rings. The lowest BCUT2D eigenvalue weighted by Gasteiger charge is -2.07. The van der Waals surface area contributed by atoms with Crippen LogP contribution in [0.2, 0.25) is 5.02 Å². The zero-order valence-electron chi connectivity index (χ0n) is 9.13. The summed E-state index contributed by atoms with van der Waals surface area (Å²) in [5.74, 6) is -0.266. The number of rotatable bonds is 1. The summed E-state index contributed by atoms with van der Waals surface area (Å²) in [5.41, 5.74) is 4.12. The zero-order chi connectivity index (χ0) is 11.8. The second-order valence-electron chi connectivity index (χ2n) is 4.17. The standard InChI is InChI=1S/C14H11ClFN/c15-13-4-3-11(16)8-12(13)10-2-1-9-5-6-17-14(9)7-10/h1-4,7-8,17H,5-6H2. The van der Waals surface area contributed by atoms with E-state index in [4.69, 9.17) is 11.6 Å². The zero-order valence-corrected chi connectivity index (χ0v) is 9.89. The molecule has 2 aromatic carbocycles. The predicted molar refractivity (Wildman–Crippen MR) is 69.0 cm³/mol. The van der Waals surface area contributed by atoms with E-state index in [-0.39, 0.29) is 5.82 Å². The van der Waals surface area contributed by atoms with Gasteiger partial charge in [-0.15, -0.1) is 0 Å². The fourth-order valence-electron chi connectivity index (χ4n) is 2.18. The smallest absolute Gasteiger partial charge is 0.123 e. The molecule has 3 heteroatoms. The summed E-state index contributed by atoms with van der Waals surface area (Å²) in [6.07, 6.45) is 1.05. The van der Waals surface area contributed by atoms with Gasteiger partial charge in [-0.2, -0.15) is 0 Å². The molecule has 0 atom stereocenters. The quantitative estimate of drug-likeness (QED) is 0.800. The van der Waals surface area contributed by atoms with Crippen LogP contribution >= 0.6 is 11.6 Å². The van der Waals surface area contributed by atoms with Gasteiger partial charge >= 0.3 is 0 Å². The number of fused-ring (bicyclic) bond motifs is 1. The SMILES string of the molecule is Fc1ccc(Cl)c(-c2ccc3c(c2)NCC3)c1. The van der Waals surface area contributed by atoms with E-state index in [0.717, 1.165) is 29.8 Å². The molecule has 0 aliphatic carbocycles. The Morgan fingerprint density at radius 1 is 1.12 bits per heavy atom. The second kappa shape index (κ2) is 4.04. The molecule has 17 heavy (non-hydrogen) atoms. The van der Waals surface area contributed by atoms with Crippen molar-refractivity contribution in [2.45, 2.75) is 6.42 Å². The van der Waals surface area contributed by atoms with Crippen molar-refractivity contribution in [1.82, 2.24) is 0 Å². The molecular formula is C14H11ClFN. The third-order valence-electron chi connectivity index (χ3n) is 3.06. The molecule has 2 aromatic rings. The average molecular weight is 248 g/mol. The normalized spacial score (nSPS) is 13.3. The van der Waals surface area contributed by atoms with Crippen LogP contribution in [0.25, 0.3) is 11.1 Å². The predicted octanol–water partition coefficient (Wildman–Crippen LogP) is 4.11. The monoisotopic (exact) mass is 247 g/mol. The number of hydrogen-bond donors (Lipinski definition) is 1. The highest BCUT2D eigenvalue weighted by molar-refractivity contribution is 6.33. The van der Waals surface area contributed by atoms with Crippen LogP contribution in [0.1, 0.15) is 5.56 Å². The molecule has 0 amide bonds. The van der Waals surface area contributed by atoms with Gasteiger partial charge in [0.1, 0.15) is 5.82 Å². The minimum absolute atomic E-state index is 0.266. The van der Waals surface area contributed by atoms with Gasteiger partial charge < -0.3 is 5.32 Å². The van der Waals surface area contributed by atoms with Gasteiger partial charge in [0.25, 0.3) is 0 Å². The summed E-state index contributed by atoms with van der Waals surface area (Å²) in [7, 11) is 0. The van der Waals surface area contributed by atoms with E-state index in [1.165, 1.54) is 17.7 Å². The molecule has 86 valence electrons. The van der Waals surface area contributed by atoms with Crippen molar-refractivity contribution < 1.29 is 4.39 Å². The molecule has 1 N–H and O–H groups in total. The Kier molecular flexibility index (Phi) is 2.52. The first kappa shape index (κ1) is 10.6. The van der Waals surface area contributed by atoms with Gasteiger partial charge in [-0.05, 0) is 41.8 Å². The maximum Gasteiger partial charge on any atom is 0.123 e. The molecule has 0 bridgehead atoms. The van der Waals surface area contributed by atoms with E-state index in [0.29, 0.717) is 5.02 Å². The van der Waals surface area contributed by atoms with E-state index in [1.54, 1.807) is 6.07 Å². The number of anilines is 1. The molecule has 1 heterocycles. The second-order valence-corrected chi connectivity index (χ2v) is 4.58. The first-order chi connectivity index (χ1) is 8.24. The summed E-state index contributed by atoms with van der Waals surface area (Å²) in [6.45, 7) is 0.968. The van der Waals surface area contributed by atoms with E-state index in [9.17, 15) is 4.39 Å². The topological polar surface area (TPSA) is 12.0 Å². The van der Waals surface area contributed by atoms with Gasteiger partial charge in [-0.3, -0.25) is 0 Å². The minimum Gasteiger partial charge on any atom is -0.384 e. The van der Waals surface area contributed by atoms with E-state index >= 15 is 0 Å². The first-order valence-corrected chi connectivity index (χ1v) is 5.94. The highest BCUT2D eigenvalue weighted by atomic mass is 35.5. The van der Waals surface area contributed by atoms with Crippen LogP contribution in [-0.2, 0) is 6.42 Å². The Balaban J connectivity index is 2.12. The van der Waals surface area contributed by atoms with Crippen molar-refractivity contribution in [1.29, 1.82) is 0 Å². The third kappa shape index (κ3) is 1.89. The molecule has 0 radical (unpaired) electrons. The molecule has 3 rings (SSSR count). The minimum atomic E-state index is -0.266. The molecular weight excluding hydrogens is 237 g/mol. The highest BCUT2D eigenvalue weighted by Crippen LogP contribution is 2.33. The molecule has 1 nitrogen and oxygen atoms in total. The molecule has 0 aromatic heterocycles. The summed E-state index contributed by atoms with van der Waals surface area (Å²) < 4.78 is 13.2. The average Bonchev–Trinajstić information content (AvgIpc) is 2.79. The van der Waals surface area contributed by atoms with Crippen LogP contribution in [0.15, 0.2) is 36.4 Å². The van der Waals surface area contributed by atoms with Crippen molar-refractivity contribution in [2.24, 2.45) is 0 Å². The molecule has 0 saturated carbocycles. The Morgan fingerprint density at radius 3 is 2.88 bits per heavy atom. The van der Waals surface area contributed by atoms with Crippen molar-refractivity contribution in [3.05, 3.63) is 52.8 Å². The Bertz CT molecular complexity index is 580. The summed E-state index contributed by atoms with van der Waals surface area (Å²) in [4.78, 5) is 0.